The number of carbonyl (C=O) groups excluding carboxylic acids is 1. The Morgan fingerprint density at radius 2 is 2.05 bits per heavy atom. The first-order valence-electron chi connectivity index (χ1n) is 7.45. The van der Waals surface area contributed by atoms with E-state index in [2.05, 4.69) is 25.7 Å². The molecule has 20 heavy (non-hydrogen) atoms. The number of para-hydroxylation sites is 1. The van der Waals surface area contributed by atoms with Gasteiger partial charge in [0.15, 0.2) is 0 Å². The fourth-order valence-electron chi connectivity index (χ4n) is 4.10. The summed E-state index contributed by atoms with van der Waals surface area (Å²) in [5.74, 6) is 0.752. The van der Waals surface area contributed by atoms with Crippen LogP contribution in [0.15, 0.2) is 36.4 Å². The Labute approximate surface area is 121 Å². The molecular formula is C18H23NO. The van der Waals surface area contributed by atoms with E-state index in [1.807, 2.05) is 31.2 Å². The number of aryl methyl sites for hydroxylation is 1. The lowest BCUT2D eigenvalue weighted by molar-refractivity contribution is -0.123. The Morgan fingerprint density at radius 3 is 2.65 bits per heavy atom. The predicted octanol–water partition coefficient (Wildman–Crippen LogP) is 4.32. The van der Waals surface area contributed by atoms with Gasteiger partial charge in [0.05, 0.1) is 5.41 Å². The molecule has 2 fully saturated rings. The monoisotopic (exact) mass is 269 g/mol. The molecule has 0 aromatic heterocycles. The SMILES string of the molecule is C=C1C(C)(C)[C@@H]2CC[C@@]1(C(=O)Nc1ccccc1C)C2. The van der Waals surface area contributed by atoms with Gasteiger partial charge in [0.1, 0.15) is 0 Å². The standard InChI is InChI=1S/C18H23NO/c1-12-7-5-6-8-15(12)19-16(20)18-10-9-14(11-18)17(3,4)13(18)2/h5-8,14H,2,9-11H2,1,3-4H3,(H,19,20)/t14-,18-/m1/s1. The Balaban J connectivity index is 1.89. The van der Waals surface area contributed by atoms with E-state index in [-0.39, 0.29) is 16.7 Å². The average Bonchev–Trinajstić information content (AvgIpc) is 2.93. The van der Waals surface area contributed by atoms with Gasteiger partial charge < -0.3 is 5.32 Å². The van der Waals surface area contributed by atoms with Crippen LogP contribution in [0.1, 0.15) is 38.7 Å². The van der Waals surface area contributed by atoms with Crippen LogP contribution in [0.2, 0.25) is 0 Å². The number of hydrogen-bond acceptors (Lipinski definition) is 1. The summed E-state index contributed by atoms with van der Waals surface area (Å²) >= 11 is 0. The van der Waals surface area contributed by atoms with Crippen LogP contribution >= 0.6 is 0 Å². The molecule has 0 saturated heterocycles. The van der Waals surface area contributed by atoms with E-state index in [1.165, 1.54) is 0 Å². The quantitative estimate of drug-likeness (QED) is 0.796. The maximum absolute atomic E-state index is 12.9. The maximum atomic E-state index is 12.9. The second-order valence-electron chi connectivity index (χ2n) is 6.99. The Hall–Kier alpha value is -1.57. The molecule has 0 aliphatic heterocycles. The molecule has 2 nitrogen and oxygen atoms in total. The van der Waals surface area contributed by atoms with Crippen molar-refractivity contribution in [3.63, 3.8) is 0 Å². The van der Waals surface area contributed by atoms with Gasteiger partial charge in [-0.15, -0.1) is 0 Å². The van der Waals surface area contributed by atoms with Crippen molar-refractivity contribution in [1.82, 2.24) is 0 Å². The van der Waals surface area contributed by atoms with Crippen LogP contribution in [0.25, 0.3) is 0 Å². The van der Waals surface area contributed by atoms with Crippen LogP contribution in [0.5, 0.6) is 0 Å². The number of benzene rings is 1. The third-order valence-corrected chi connectivity index (χ3v) is 5.72. The molecule has 2 aliphatic rings. The number of fused-ring (bicyclic) bond motifs is 2. The van der Waals surface area contributed by atoms with E-state index in [0.29, 0.717) is 5.92 Å². The summed E-state index contributed by atoms with van der Waals surface area (Å²) in [7, 11) is 0. The van der Waals surface area contributed by atoms with Crippen molar-refractivity contribution in [2.24, 2.45) is 16.7 Å². The van der Waals surface area contributed by atoms with Crippen molar-refractivity contribution in [3.05, 3.63) is 42.0 Å². The first-order chi connectivity index (χ1) is 9.38. The summed E-state index contributed by atoms with van der Waals surface area (Å²) in [6, 6.07) is 7.95. The van der Waals surface area contributed by atoms with Crippen LogP contribution in [-0.2, 0) is 4.79 Å². The predicted molar refractivity (Wildman–Crippen MR) is 82.5 cm³/mol. The molecule has 2 saturated carbocycles. The van der Waals surface area contributed by atoms with Gasteiger partial charge in [0.25, 0.3) is 0 Å². The summed E-state index contributed by atoms with van der Waals surface area (Å²) < 4.78 is 0. The van der Waals surface area contributed by atoms with Crippen molar-refractivity contribution in [2.75, 3.05) is 5.32 Å². The molecule has 0 unspecified atom stereocenters. The molecule has 1 aromatic carbocycles. The minimum atomic E-state index is -0.337. The zero-order valence-electron chi connectivity index (χ0n) is 12.6. The Morgan fingerprint density at radius 1 is 1.35 bits per heavy atom. The van der Waals surface area contributed by atoms with Gasteiger partial charge in [-0.2, -0.15) is 0 Å². The van der Waals surface area contributed by atoms with Crippen molar-refractivity contribution < 1.29 is 4.79 Å². The van der Waals surface area contributed by atoms with Crippen LogP contribution < -0.4 is 5.32 Å². The molecule has 2 atom stereocenters. The zero-order valence-corrected chi connectivity index (χ0v) is 12.6. The van der Waals surface area contributed by atoms with Crippen molar-refractivity contribution >= 4 is 11.6 Å². The highest BCUT2D eigenvalue weighted by Gasteiger charge is 2.60. The van der Waals surface area contributed by atoms with E-state index in [0.717, 1.165) is 36.1 Å². The molecule has 3 rings (SSSR count). The normalized spacial score (nSPS) is 30.6. The molecule has 2 heteroatoms. The topological polar surface area (TPSA) is 29.1 Å². The lowest BCUT2D eigenvalue weighted by Crippen LogP contribution is -2.37. The van der Waals surface area contributed by atoms with Crippen molar-refractivity contribution in [1.29, 1.82) is 0 Å². The first kappa shape index (κ1) is 13.4. The zero-order chi connectivity index (χ0) is 14.5. The summed E-state index contributed by atoms with van der Waals surface area (Å²) in [6.45, 7) is 10.8. The summed E-state index contributed by atoms with van der Waals surface area (Å²) in [5.41, 5.74) is 2.92. The lowest BCUT2D eigenvalue weighted by Gasteiger charge is -2.37. The van der Waals surface area contributed by atoms with E-state index < -0.39 is 0 Å². The molecule has 0 spiro atoms. The highest BCUT2D eigenvalue weighted by atomic mass is 16.2. The fourth-order valence-corrected chi connectivity index (χ4v) is 4.10. The van der Waals surface area contributed by atoms with Crippen molar-refractivity contribution in [2.45, 2.75) is 40.0 Å². The molecule has 0 radical (unpaired) electrons. The number of hydrogen-bond donors (Lipinski definition) is 1. The second-order valence-corrected chi connectivity index (χ2v) is 6.99. The van der Waals surface area contributed by atoms with Gasteiger partial charge in [-0.3, -0.25) is 4.79 Å². The van der Waals surface area contributed by atoms with Gasteiger partial charge in [-0.25, -0.2) is 0 Å². The molecule has 0 heterocycles. The smallest absolute Gasteiger partial charge is 0.234 e. The molecule has 2 aliphatic carbocycles. The highest BCUT2D eigenvalue weighted by molar-refractivity contribution is 5.99. The summed E-state index contributed by atoms with van der Waals surface area (Å²) in [4.78, 5) is 12.9. The first-order valence-corrected chi connectivity index (χ1v) is 7.45. The van der Waals surface area contributed by atoms with Gasteiger partial charge in [-0.1, -0.05) is 44.2 Å². The number of amides is 1. The van der Waals surface area contributed by atoms with Gasteiger partial charge in [0.2, 0.25) is 5.91 Å². The third-order valence-electron chi connectivity index (χ3n) is 5.72. The summed E-state index contributed by atoms with van der Waals surface area (Å²) in [6.07, 6.45) is 3.07. The summed E-state index contributed by atoms with van der Waals surface area (Å²) in [5, 5.41) is 3.14. The van der Waals surface area contributed by atoms with E-state index in [9.17, 15) is 4.79 Å². The van der Waals surface area contributed by atoms with E-state index >= 15 is 0 Å². The van der Waals surface area contributed by atoms with Gasteiger partial charge >= 0.3 is 0 Å². The Bertz CT molecular complexity index is 587. The minimum Gasteiger partial charge on any atom is -0.325 e. The van der Waals surface area contributed by atoms with Crippen molar-refractivity contribution in [3.8, 4) is 0 Å². The number of rotatable bonds is 2. The third kappa shape index (κ3) is 1.67. The fraction of sp³-hybridized carbons (Fsp3) is 0.500. The molecule has 2 bridgehead atoms. The minimum absolute atomic E-state index is 0.0985. The van der Waals surface area contributed by atoms with Gasteiger partial charge in [0, 0.05) is 5.69 Å². The van der Waals surface area contributed by atoms with Crippen LogP contribution in [0.3, 0.4) is 0 Å². The molecule has 1 amide bonds. The van der Waals surface area contributed by atoms with Crippen LogP contribution in [0.4, 0.5) is 5.69 Å². The van der Waals surface area contributed by atoms with Gasteiger partial charge in [-0.05, 0) is 49.1 Å². The molecule has 1 N–H and O–H groups in total. The molecule has 106 valence electrons. The largest absolute Gasteiger partial charge is 0.325 e. The van der Waals surface area contributed by atoms with E-state index in [1.54, 1.807) is 0 Å². The van der Waals surface area contributed by atoms with Crippen LogP contribution in [-0.4, -0.2) is 5.91 Å². The second kappa shape index (κ2) is 4.21. The van der Waals surface area contributed by atoms with Crippen LogP contribution in [0, 0.1) is 23.7 Å². The Kier molecular flexibility index (Phi) is 2.82. The number of anilines is 1. The number of nitrogens with one attached hydrogen (secondary N) is 1. The average molecular weight is 269 g/mol. The number of carbonyl (C=O) groups is 1. The van der Waals surface area contributed by atoms with E-state index in [4.69, 9.17) is 0 Å². The molecule has 1 aromatic rings. The lowest BCUT2D eigenvalue weighted by atomic mass is 9.68. The highest BCUT2D eigenvalue weighted by Crippen LogP contribution is 2.65. The maximum Gasteiger partial charge on any atom is 0.234 e. The molecular weight excluding hydrogens is 246 g/mol.